The molecule has 2 aromatic carbocycles. The third kappa shape index (κ3) is 4.96. The minimum atomic E-state index is -0.697. The fraction of sp³-hybridized carbons (Fsp3) is 0.0909. The zero-order chi connectivity index (χ0) is 21.6. The standard InChI is InChI=1S/C22H17N3O5S/c1-2-20(26)29-18-12-14(9-10-16(18)30-21(27)17-7-5-11-28-17)13-23-25-22-24-15-6-3-4-8-19(15)31-22/h3-13H,2H2,1H3,(H,24,25)/b23-13+. The normalized spacial score (nSPS) is 11.0. The van der Waals surface area contributed by atoms with E-state index in [4.69, 9.17) is 13.9 Å². The number of hydrogen-bond donors (Lipinski definition) is 1. The van der Waals surface area contributed by atoms with E-state index < -0.39 is 11.9 Å². The number of carbonyl (C=O) groups is 2. The molecule has 2 heterocycles. The molecule has 0 saturated carbocycles. The van der Waals surface area contributed by atoms with Crippen molar-refractivity contribution in [2.24, 2.45) is 5.10 Å². The summed E-state index contributed by atoms with van der Waals surface area (Å²) in [6.07, 6.45) is 3.09. The van der Waals surface area contributed by atoms with Crippen molar-refractivity contribution in [3.63, 3.8) is 0 Å². The Morgan fingerprint density at radius 3 is 2.77 bits per heavy atom. The summed E-state index contributed by atoms with van der Waals surface area (Å²) in [4.78, 5) is 28.4. The Bertz CT molecular complexity index is 1210. The maximum absolute atomic E-state index is 12.2. The van der Waals surface area contributed by atoms with Gasteiger partial charge in [0.2, 0.25) is 10.9 Å². The molecule has 31 heavy (non-hydrogen) atoms. The molecule has 0 spiro atoms. The molecule has 0 atom stereocenters. The van der Waals surface area contributed by atoms with Gasteiger partial charge in [-0.1, -0.05) is 30.4 Å². The highest BCUT2D eigenvalue weighted by atomic mass is 32.1. The molecule has 8 nitrogen and oxygen atoms in total. The zero-order valence-electron chi connectivity index (χ0n) is 16.4. The number of anilines is 1. The van der Waals surface area contributed by atoms with Crippen LogP contribution in [0.5, 0.6) is 11.5 Å². The van der Waals surface area contributed by atoms with E-state index in [9.17, 15) is 9.59 Å². The Morgan fingerprint density at radius 2 is 2.00 bits per heavy atom. The van der Waals surface area contributed by atoms with Crippen LogP contribution >= 0.6 is 11.3 Å². The van der Waals surface area contributed by atoms with Crippen LogP contribution in [0.4, 0.5) is 5.13 Å². The molecule has 0 aliphatic carbocycles. The number of hydrogen-bond acceptors (Lipinski definition) is 9. The average molecular weight is 435 g/mol. The van der Waals surface area contributed by atoms with E-state index in [1.165, 1.54) is 29.7 Å². The van der Waals surface area contributed by atoms with E-state index in [-0.39, 0.29) is 23.7 Å². The van der Waals surface area contributed by atoms with Crippen molar-refractivity contribution in [1.29, 1.82) is 0 Å². The summed E-state index contributed by atoms with van der Waals surface area (Å²) in [6.45, 7) is 1.67. The van der Waals surface area contributed by atoms with Crippen molar-refractivity contribution in [2.75, 3.05) is 5.43 Å². The van der Waals surface area contributed by atoms with Gasteiger partial charge in [0.15, 0.2) is 11.5 Å². The summed E-state index contributed by atoms with van der Waals surface area (Å²) >= 11 is 1.48. The first-order valence-electron chi connectivity index (χ1n) is 9.37. The summed E-state index contributed by atoms with van der Waals surface area (Å²) < 4.78 is 16.7. The number of rotatable bonds is 7. The number of carbonyl (C=O) groups excluding carboxylic acids is 2. The minimum absolute atomic E-state index is 0.0402. The number of ether oxygens (including phenoxy) is 2. The van der Waals surface area contributed by atoms with Gasteiger partial charge in [-0.2, -0.15) is 5.10 Å². The van der Waals surface area contributed by atoms with Crippen LogP contribution in [-0.4, -0.2) is 23.1 Å². The van der Waals surface area contributed by atoms with Crippen molar-refractivity contribution in [3.05, 3.63) is 72.2 Å². The molecule has 0 aliphatic heterocycles. The van der Waals surface area contributed by atoms with Crippen molar-refractivity contribution in [3.8, 4) is 11.5 Å². The second-order valence-corrected chi connectivity index (χ2v) is 7.29. The molecule has 4 rings (SSSR count). The van der Waals surface area contributed by atoms with E-state index >= 15 is 0 Å². The monoisotopic (exact) mass is 435 g/mol. The molecule has 2 aromatic heterocycles. The third-order valence-electron chi connectivity index (χ3n) is 4.07. The molecule has 1 N–H and O–H groups in total. The number of nitrogens with zero attached hydrogens (tertiary/aromatic N) is 2. The molecule has 0 saturated heterocycles. The number of thiazole rings is 1. The number of benzene rings is 2. The maximum Gasteiger partial charge on any atom is 0.379 e. The Labute approximate surface area is 181 Å². The zero-order valence-corrected chi connectivity index (χ0v) is 17.2. The molecule has 0 bridgehead atoms. The second kappa shape index (κ2) is 9.23. The van der Waals surface area contributed by atoms with Crippen LogP contribution in [0, 0.1) is 0 Å². The van der Waals surface area contributed by atoms with Gasteiger partial charge in [-0.05, 0) is 48.0 Å². The smallest absolute Gasteiger partial charge is 0.379 e. The lowest BCUT2D eigenvalue weighted by Gasteiger charge is -2.10. The van der Waals surface area contributed by atoms with Crippen LogP contribution in [0.3, 0.4) is 0 Å². The Balaban J connectivity index is 1.51. The van der Waals surface area contributed by atoms with Gasteiger partial charge < -0.3 is 13.9 Å². The molecule has 0 radical (unpaired) electrons. The van der Waals surface area contributed by atoms with Gasteiger partial charge in [-0.25, -0.2) is 9.78 Å². The topological polar surface area (TPSA) is 103 Å². The summed E-state index contributed by atoms with van der Waals surface area (Å²) in [5.74, 6) is -0.914. The predicted octanol–water partition coefficient (Wildman–Crippen LogP) is 4.87. The molecule has 0 amide bonds. The van der Waals surface area contributed by atoms with E-state index in [0.717, 1.165) is 10.2 Å². The summed E-state index contributed by atoms with van der Waals surface area (Å²) in [7, 11) is 0. The number of aromatic nitrogens is 1. The molecule has 0 unspecified atom stereocenters. The number of nitrogens with one attached hydrogen (secondary N) is 1. The quantitative estimate of drug-likeness (QED) is 0.191. The highest BCUT2D eigenvalue weighted by molar-refractivity contribution is 7.22. The molecular weight excluding hydrogens is 418 g/mol. The number of furan rings is 1. The van der Waals surface area contributed by atoms with Gasteiger partial charge in [0.25, 0.3) is 0 Å². The van der Waals surface area contributed by atoms with Crippen LogP contribution in [0.15, 0.2) is 70.4 Å². The highest BCUT2D eigenvalue weighted by Gasteiger charge is 2.17. The Hall–Kier alpha value is -3.98. The number of fused-ring (bicyclic) bond motifs is 1. The van der Waals surface area contributed by atoms with Gasteiger partial charge in [-0.3, -0.25) is 10.2 Å². The first-order valence-corrected chi connectivity index (χ1v) is 10.2. The SMILES string of the molecule is CCC(=O)Oc1cc(/C=N/Nc2nc3ccccc3s2)ccc1OC(=O)c1ccco1. The molecule has 0 aliphatic rings. The molecular formula is C22H17N3O5S. The van der Waals surface area contributed by atoms with Crippen LogP contribution < -0.4 is 14.9 Å². The van der Waals surface area contributed by atoms with E-state index in [1.807, 2.05) is 24.3 Å². The van der Waals surface area contributed by atoms with Crippen molar-refractivity contribution in [1.82, 2.24) is 4.98 Å². The number of esters is 2. The van der Waals surface area contributed by atoms with Crippen LogP contribution in [0.2, 0.25) is 0 Å². The van der Waals surface area contributed by atoms with E-state index in [0.29, 0.717) is 10.7 Å². The fourth-order valence-corrected chi connectivity index (χ4v) is 3.41. The van der Waals surface area contributed by atoms with Gasteiger partial charge in [-0.15, -0.1) is 0 Å². The van der Waals surface area contributed by atoms with E-state index in [2.05, 4.69) is 15.5 Å². The lowest BCUT2D eigenvalue weighted by Crippen LogP contribution is -2.11. The Morgan fingerprint density at radius 1 is 1.13 bits per heavy atom. The van der Waals surface area contributed by atoms with Gasteiger partial charge in [0.1, 0.15) is 0 Å². The first-order chi connectivity index (χ1) is 15.1. The fourth-order valence-electron chi connectivity index (χ4n) is 2.59. The number of hydrazone groups is 1. The van der Waals surface area contributed by atoms with Crippen LogP contribution in [0.1, 0.15) is 29.5 Å². The lowest BCUT2D eigenvalue weighted by atomic mass is 10.2. The van der Waals surface area contributed by atoms with Gasteiger partial charge in [0, 0.05) is 6.42 Å². The maximum atomic E-state index is 12.2. The largest absolute Gasteiger partial charge is 0.457 e. The van der Waals surface area contributed by atoms with Crippen LogP contribution in [0.25, 0.3) is 10.2 Å². The van der Waals surface area contributed by atoms with Crippen molar-refractivity contribution >= 4 is 44.8 Å². The summed E-state index contributed by atoms with van der Waals surface area (Å²) in [5.41, 5.74) is 4.41. The third-order valence-corrected chi connectivity index (χ3v) is 5.01. The van der Waals surface area contributed by atoms with Crippen LogP contribution in [-0.2, 0) is 4.79 Å². The summed E-state index contributed by atoms with van der Waals surface area (Å²) in [5, 5.41) is 4.84. The minimum Gasteiger partial charge on any atom is -0.457 e. The molecule has 0 fully saturated rings. The summed E-state index contributed by atoms with van der Waals surface area (Å²) in [6, 6.07) is 15.6. The number of para-hydroxylation sites is 1. The van der Waals surface area contributed by atoms with Gasteiger partial charge >= 0.3 is 11.9 Å². The highest BCUT2D eigenvalue weighted by Crippen LogP contribution is 2.30. The lowest BCUT2D eigenvalue weighted by molar-refractivity contribution is -0.134. The van der Waals surface area contributed by atoms with Gasteiger partial charge in [0.05, 0.1) is 22.7 Å². The Kier molecular flexibility index (Phi) is 6.04. The molecule has 9 heteroatoms. The average Bonchev–Trinajstić information content (AvgIpc) is 3.45. The second-order valence-electron chi connectivity index (χ2n) is 6.26. The van der Waals surface area contributed by atoms with Crippen molar-refractivity contribution < 1.29 is 23.5 Å². The first kappa shape index (κ1) is 20.3. The van der Waals surface area contributed by atoms with Crippen molar-refractivity contribution in [2.45, 2.75) is 13.3 Å². The predicted molar refractivity (Wildman–Crippen MR) is 117 cm³/mol. The molecule has 156 valence electrons. The van der Waals surface area contributed by atoms with E-state index in [1.54, 1.807) is 31.3 Å². The molecule has 4 aromatic rings.